The maximum Gasteiger partial charge on any atom is 0.223 e. The van der Waals surface area contributed by atoms with Crippen molar-refractivity contribution in [2.75, 3.05) is 23.7 Å². The number of hydrogen-bond acceptors (Lipinski definition) is 6. The molecule has 0 unspecified atom stereocenters. The number of nitrogens with zero attached hydrogens (tertiary/aromatic N) is 3. The topological polar surface area (TPSA) is 91.8 Å². The molecule has 0 bridgehead atoms. The summed E-state index contributed by atoms with van der Waals surface area (Å²) in [5, 5.41) is 17.3. The van der Waals surface area contributed by atoms with Gasteiger partial charge in [-0.2, -0.15) is 0 Å². The average molecular weight is 328 g/mol. The van der Waals surface area contributed by atoms with E-state index in [1.807, 2.05) is 44.2 Å². The summed E-state index contributed by atoms with van der Waals surface area (Å²) in [5.74, 6) is 2.22. The van der Waals surface area contributed by atoms with Crippen molar-refractivity contribution in [1.82, 2.24) is 20.5 Å². The van der Waals surface area contributed by atoms with Crippen LogP contribution in [0.1, 0.15) is 26.7 Å². The van der Waals surface area contributed by atoms with Crippen molar-refractivity contribution < 1.29 is 4.79 Å². The molecule has 7 nitrogen and oxygen atoms in total. The number of rotatable bonds is 9. The average Bonchev–Trinajstić information content (AvgIpc) is 2.62. The number of carbonyl (C=O) groups is 1. The lowest BCUT2D eigenvalue weighted by molar-refractivity contribution is -0.125. The first kappa shape index (κ1) is 17.7. The Balaban J connectivity index is 1.73. The van der Waals surface area contributed by atoms with E-state index in [2.05, 4.69) is 31.1 Å². The Labute approximate surface area is 142 Å². The van der Waals surface area contributed by atoms with Gasteiger partial charge in [0.05, 0.1) is 0 Å². The monoisotopic (exact) mass is 328 g/mol. The Morgan fingerprint density at radius 3 is 2.38 bits per heavy atom. The number of carbonyl (C=O) groups excluding carboxylic acids is 1. The van der Waals surface area contributed by atoms with Gasteiger partial charge in [0.15, 0.2) is 5.82 Å². The van der Waals surface area contributed by atoms with E-state index in [0.717, 1.165) is 18.7 Å². The second kappa shape index (κ2) is 9.44. The van der Waals surface area contributed by atoms with Crippen LogP contribution in [0.15, 0.2) is 36.5 Å². The van der Waals surface area contributed by atoms with Crippen molar-refractivity contribution in [3.05, 3.63) is 36.5 Å². The first-order valence-corrected chi connectivity index (χ1v) is 8.26. The summed E-state index contributed by atoms with van der Waals surface area (Å²) < 4.78 is 0. The number of nitrogens with one attached hydrogen (secondary N) is 3. The summed E-state index contributed by atoms with van der Waals surface area (Å²) in [6.07, 6.45) is 3.44. The first-order valence-electron chi connectivity index (χ1n) is 8.26. The van der Waals surface area contributed by atoms with E-state index in [0.29, 0.717) is 24.7 Å². The fourth-order valence-corrected chi connectivity index (χ4v) is 2.24. The third kappa shape index (κ3) is 5.49. The molecule has 0 aliphatic carbocycles. The number of anilines is 3. The van der Waals surface area contributed by atoms with E-state index in [9.17, 15) is 4.79 Å². The predicted molar refractivity (Wildman–Crippen MR) is 95.1 cm³/mol. The summed E-state index contributed by atoms with van der Waals surface area (Å²) in [7, 11) is 0. The molecule has 7 heteroatoms. The van der Waals surface area contributed by atoms with Crippen molar-refractivity contribution >= 4 is 23.4 Å². The Morgan fingerprint density at radius 1 is 1.00 bits per heavy atom. The van der Waals surface area contributed by atoms with Crippen molar-refractivity contribution in [2.45, 2.75) is 26.7 Å². The zero-order valence-corrected chi connectivity index (χ0v) is 14.1. The van der Waals surface area contributed by atoms with E-state index in [1.165, 1.54) is 0 Å². The van der Waals surface area contributed by atoms with Gasteiger partial charge in [-0.05, 0) is 37.1 Å². The molecule has 2 aromatic rings. The van der Waals surface area contributed by atoms with Gasteiger partial charge in [-0.25, -0.2) is 4.98 Å². The minimum absolute atomic E-state index is 0.0988. The molecule has 2 rings (SSSR count). The van der Waals surface area contributed by atoms with Crippen LogP contribution in [0, 0.1) is 5.92 Å². The van der Waals surface area contributed by atoms with Gasteiger partial charge in [0.1, 0.15) is 11.6 Å². The lowest BCUT2D eigenvalue weighted by Gasteiger charge is -2.13. The Morgan fingerprint density at radius 2 is 1.75 bits per heavy atom. The second-order valence-electron chi connectivity index (χ2n) is 5.38. The van der Waals surface area contributed by atoms with Crippen LogP contribution in [0.4, 0.5) is 17.5 Å². The van der Waals surface area contributed by atoms with E-state index >= 15 is 0 Å². The fraction of sp³-hybridized carbons (Fsp3) is 0.412. The lowest BCUT2D eigenvalue weighted by Crippen LogP contribution is -2.33. The SMILES string of the molecule is CCC(CC)C(=O)NCCNc1ccc(Nc2ccccn2)nn1. The van der Waals surface area contributed by atoms with Gasteiger partial charge < -0.3 is 16.0 Å². The molecule has 3 N–H and O–H groups in total. The van der Waals surface area contributed by atoms with E-state index in [-0.39, 0.29) is 11.8 Å². The highest BCUT2D eigenvalue weighted by molar-refractivity contribution is 5.78. The van der Waals surface area contributed by atoms with Gasteiger partial charge in [-0.15, -0.1) is 10.2 Å². The van der Waals surface area contributed by atoms with Crippen LogP contribution in [-0.4, -0.2) is 34.2 Å². The van der Waals surface area contributed by atoms with E-state index < -0.39 is 0 Å². The van der Waals surface area contributed by atoms with Crippen LogP contribution in [0.2, 0.25) is 0 Å². The van der Waals surface area contributed by atoms with Gasteiger partial charge in [0.2, 0.25) is 5.91 Å². The second-order valence-corrected chi connectivity index (χ2v) is 5.38. The molecule has 0 aromatic carbocycles. The van der Waals surface area contributed by atoms with Crippen LogP contribution in [0.5, 0.6) is 0 Å². The van der Waals surface area contributed by atoms with E-state index in [4.69, 9.17) is 0 Å². The fourth-order valence-electron chi connectivity index (χ4n) is 2.24. The summed E-state index contributed by atoms with van der Waals surface area (Å²) >= 11 is 0. The Hall–Kier alpha value is -2.70. The molecular formula is C17H24N6O. The molecule has 0 fully saturated rings. The largest absolute Gasteiger partial charge is 0.367 e. The normalized spacial score (nSPS) is 10.5. The van der Waals surface area contributed by atoms with Crippen molar-refractivity contribution in [1.29, 1.82) is 0 Å². The van der Waals surface area contributed by atoms with E-state index in [1.54, 1.807) is 6.20 Å². The Bertz CT molecular complexity index is 613. The quantitative estimate of drug-likeness (QED) is 0.613. The van der Waals surface area contributed by atoms with Crippen molar-refractivity contribution in [3.63, 3.8) is 0 Å². The third-order valence-electron chi connectivity index (χ3n) is 3.67. The molecule has 0 aliphatic rings. The summed E-state index contributed by atoms with van der Waals surface area (Å²) in [6, 6.07) is 9.27. The minimum atomic E-state index is 0.0988. The number of amides is 1. The summed E-state index contributed by atoms with van der Waals surface area (Å²) in [6.45, 7) is 5.23. The lowest BCUT2D eigenvalue weighted by atomic mass is 10.0. The number of aromatic nitrogens is 3. The molecule has 128 valence electrons. The third-order valence-corrected chi connectivity index (χ3v) is 3.67. The highest BCUT2D eigenvalue weighted by Crippen LogP contribution is 2.11. The van der Waals surface area contributed by atoms with Gasteiger partial charge in [0.25, 0.3) is 0 Å². The van der Waals surface area contributed by atoms with Crippen LogP contribution in [-0.2, 0) is 4.79 Å². The summed E-state index contributed by atoms with van der Waals surface area (Å²) in [5.41, 5.74) is 0. The number of pyridine rings is 1. The molecule has 0 saturated heterocycles. The minimum Gasteiger partial charge on any atom is -0.367 e. The molecule has 2 heterocycles. The van der Waals surface area contributed by atoms with Crippen LogP contribution >= 0.6 is 0 Å². The highest BCUT2D eigenvalue weighted by Gasteiger charge is 2.12. The molecule has 0 spiro atoms. The molecule has 24 heavy (non-hydrogen) atoms. The van der Waals surface area contributed by atoms with Gasteiger partial charge in [-0.3, -0.25) is 4.79 Å². The van der Waals surface area contributed by atoms with Gasteiger partial charge in [0, 0.05) is 25.2 Å². The molecular weight excluding hydrogens is 304 g/mol. The zero-order valence-electron chi connectivity index (χ0n) is 14.1. The molecule has 1 amide bonds. The van der Waals surface area contributed by atoms with Crippen LogP contribution in [0.3, 0.4) is 0 Å². The first-order chi connectivity index (χ1) is 11.7. The Kier molecular flexibility index (Phi) is 6.94. The highest BCUT2D eigenvalue weighted by atomic mass is 16.1. The van der Waals surface area contributed by atoms with Gasteiger partial charge in [-0.1, -0.05) is 19.9 Å². The molecule has 0 saturated carbocycles. The van der Waals surface area contributed by atoms with Crippen LogP contribution < -0.4 is 16.0 Å². The predicted octanol–water partition coefficient (Wildman–Crippen LogP) is 2.58. The smallest absolute Gasteiger partial charge is 0.223 e. The molecule has 0 aliphatic heterocycles. The number of hydrogen-bond donors (Lipinski definition) is 3. The molecule has 2 aromatic heterocycles. The molecule has 0 radical (unpaired) electrons. The maximum atomic E-state index is 11.9. The summed E-state index contributed by atoms with van der Waals surface area (Å²) in [4.78, 5) is 16.0. The van der Waals surface area contributed by atoms with Crippen LogP contribution in [0.25, 0.3) is 0 Å². The van der Waals surface area contributed by atoms with Gasteiger partial charge >= 0.3 is 0 Å². The van der Waals surface area contributed by atoms with Crippen molar-refractivity contribution in [2.24, 2.45) is 5.92 Å². The zero-order chi connectivity index (χ0) is 17.2. The standard InChI is InChI=1S/C17H24N6O/c1-3-13(4-2)17(24)20-12-11-19-15-8-9-16(23-22-15)21-14-7-5-6-10-18-14/h5-10,13H,3-4,11-12H2,1-2H3,(H,19,22)(H,20,24)(H,18,21,23). The molecule has 0 atom stereocenters. The van der Waals surface area contributed by atoms with Crippen molar-refractivity contribution in [3.8, 4) is 0 Å². The maximum absolute atomic E-state index is 11.9.